The lowest BCUT2D eigenvalue weighted by Crippen LogP contribution is -2.54. The number of hydrogen-bond acceptors (Lipinski definition) is 4. The maximum absolute atomic E-state index is 12.5. The minimum absolute atomic E-state index is 0.0938. The molecule has 2 heterocycles. The number of aliphatic hydroxyl groups is 1. The highest BCUT2D eigenvalue weighted by Crippen LogP contribution is 2.45. The van der Waals surface area contributed by atoms with Crippen LogP contribution < -0.4 is 9.47 Å². The molecule has 1 fully saturated rings. The van der Waals surface area contributed by atoms with E-state index in [1.165, 1.54) is 12.5 Å². The van der Waals surface area contributed by atoms with E-state index in [1.807, 2.05) is 13.8 Å². The molecule has 4 nitrogen and oxygen atoms in total. The predicted molar refractivity (Wildman–Crippen MR) is 82.0 cm³/mol. The highest BCUT2D eigenvalue weighted by atomic mass is 19.3. The lowest BCUT2D eigenvalue weighted by Gasteiger charge is -2.47. The second-order valence-corrected chi connectivity index (χ2v) is 6.77. The van der Waals surface area contributed by atoms with Crippen molar-refractivity contribution in [2.24, 2.45) is 0 Å². The summed E-state index contributed by atoms with van der Waals surface area (Å²) in [6, 6.07) is 4.43. The van der Waals surface area contributed by atoms with Crippen molar-refractivity contribution in [1.29, 1.82) is 0 Å². The van der Waals surface area contributed by atoms with E-state index in [0.29, 0.717) is 5.75 Å². The fourth-order valence-corrected chi connectivity index (χ4v) is 3.51. The second kappa shape index (κ2) is 6.24. The van der Waals surface area contributed by atoms with E-state index in [0.717, 1.165) is 31.5 Å². The van der Waals surface area contributed by atoms with Gasteiger partial charge in [0.1, 0.15) is 23.2 Å². The molecular formula is C17H23F2NO3. The molecule has 0 saturated carbocycles. The van der Waals surface area contributed by atoms with Gasteiger partial charge in [-0.25, -0.2) is 0 Å². The molecule has 1 aromatic rings. The summed E-state index contributed by atoms with van der Waals surface area (Å²) in [5.74, 6) is 0.716. The standard InChI is InChI=1S/C17H23F2NO3/c1-17(2)15(21)14(20-8-4-3-5-9-20)12-10-11(22-16(18)19)6-7-13(12)23-17/h6-7,10,14-16,21H,3-5,8-9H2,1-2H3/t14-,15+/m0/s1. The van der Waals surface area contributed by atoms with Crippen LogP contribution in [0.2, 0.25) is 0 Å². The van der Waals surface area contributed by atoms with Crippen LogP contribution in [0.15, 0.2) is 18.2 Å². The lowest BCUT2D eigenvalue weighted by molar-refractivity contribution is -0.0966. The fourth-order valence-electron chi connectivity index (χ4n) is 3.51. The average Bonchev–Trinajstić information content (AvgIpc) is 2.49. The highest BCUT2D eigenvalue weighted by molar-refractivity contribution is 5.45. The number of benzene rings is 1. The molecule has 0 radical (unpaired) electrons. The van der Waals surface area contributed by atoms with E-state index in [1.54, 1.807) is 12.1 Å². The zero-order chi connectivity index (χ0) is 16.6. The van der Waals surface area contributed by atoms with Gasteiger partial charge in [-0.15, -0.1) is 0 Å². The molecule has 2 aliphatic rings. The molecule has 1 N–H and O–H groups in total. The minimum atomic E-state index is -2.87. The topological polar surface area (TPSA) is 41.9 Å². The first-order valence-electron chi connectivity index (χ1n) is 8.08. The molecule has 23 heavy (non-hydrogen) atoms. The molecule has 2 atom stereocenters. The van der Waals surface area contributed by atoms with E-state index in [9.17, 15) is 13.9 Å². The third-order valence-electron chi connectivity index (χ3n) is 4.69. The van der Waals surface area contributed by atoms with Gasteiger partial charge in [0.05, 0.1) is 6.04 Å². The molecule has 0 unspecified atom stereocenters. The van der Waals surface area contributed by atoms with Crippen LogP contribution in [0, 0.1) is 0 Å². The van der Waals surface area contributed by atoms with Crippen molar-refractivity contribution < 1.29 is 23.4 Å². The maximum atomic E-state index is 12.5. The second-order valence-electron chi connectivity index (χ2n) is 6.77. The highest BCUT2D eigenvalue weighted by Gasteiger charge is 2.45. The van der Waals surface area contributed by atoms with Crippen LogP contribution in [0.3, 0.4) is 0 Å². The van der Waals surface area contributed by atoms with Crippen molar-refractivity contribution in [3.05, 3.63) is 23.8 Å². The molecule has 3 rings (SSSR count). The number of alkyl halides is 2. The quantitative estimate of drug-likeness (QED) is 0.924. The molecular weight excluding hydrogens is 304 g/mol. The summed E-state index contributed by atoms with van der Waals surface area (Å²) in [5.41, 5.74) is -0.0166. The van der Waals surface area contributed by atoms with Crippen molar-refractivity contribution in [2.75, 3.05) is 13.1 Å². The van der Waals surface area contributed by atoms with Gasteiger partial charge in [0, 0.05) is 5.56 Å². The SMILES string of the molecule is CC1(C)Oc2ccc(OC(F)F)cc2[C@H](N2CCCCC2)[C@H]1O. The zero-order valence-electron chi connectivity index (χ0n) is 13.5. The Hall–Kier alpha value is -1.40. The van der Waals surface area contributed by atoms with Gasteiger partial charge in [-0.05, 0) is 58.0 Å². The molecule has 1 aromatic carbocycles. The Bertz CT molecular complexity index is 559. The predicted octanol–water partition coefficient (Wildman–Crippen LogP) is 3.35. The first-order valence-corrected chi connectivity index (χ1v) is 8.08. The van der Waals surface area contributed by atoms with Gasteiger partial charge in [0.25, 0.3) is 0 Å². The first-order chi connectivity index (χ1) is 10.9. The Balaban J connectivity index is 1.99. The average molecular weight is 327 g/mol. The normalized spacial score (nSPS) is 27.4. The summed E-state index contributed by atoms with van der Waals surface area (Å²) in [6.45, 7) is 2.60. The van der Waals surface area contributed by atoms with E-state index in [4.69, 9.17) is 4.74 Å². The third kappa shape index (κ3) is 3.28. The van der Waals surface area contributed by atoms with Crippen LogP contribution in [-0.2, 0) is 0 Å². The number of aliphatic hydroxyl groups excluding tert-OH is 1. The molecule has 6 heteroatoms. The van der Waals surface area contributed by atoms with E-state index in [-0.39, 0.29) is 11.8 Å². The number of nitrogens with zero attached hydrogens (tertiary/aromatic N) is 1. The summed E-state index contributed by atoms with van der Waals surface area (Å²) >= 11 is 0. The number of rotatable bonds is 3. The van der Waals surface area contributed by atoms with Gasteiger partial charge in [-0.2, -0.15) is 8.78 Å². The Morgan fingerprint density at radius 3 is 2.61 bits per heavy atom. The van der Waals surface area contributed by atoms with Gasteiger partial charge in [-0.1, -0.05) is 6.42 Å². The van der Waals surface area contributed by atoms with Gasteiger partial charge >= 0.3 is 6.61 Å². The van der Waals surface area contributed by atoms with Gasteiger partial charge < -0.3 is 14.6 Å². The van der Waals surface area contributed by atoms with Crippen molar-refractivity contribution in [2.45, 2.75) is 57.5 Å². The van der Waals surface area contributed by atoms with Crippen LogP contribution in [0.4, 0.5) is 8.78 Å². The minimum Gasteiger partial charge on any atom is -0.485 e. The number of halogens is 2. The maximum Gasteiger partial charge on any atom is 0.387 e. The van der Waals surface area contributed by atoms with Crippen molar-refractivity contribution >= 4 is 0 Å². The zero-order valence-corrected chi connectivity index (χ0v) is 13.5. The molecule has 0 amide bonds. The van der Waals surface area contributed by atoms with E-state index >= 15 is 0 Å². The number of likely N-dealkylation sites (tertiary alicyclic amines) is 1. The smallest absolute Gasteiger partial charge is 0.387 e. The molecule has 0 aromatic heterocycles. The van der Waals surface area contributed by atoms with Crippen LogP contribution in [0.5, 0.6) is 11.5 Å². The van der Waals surface area contributed by atoms with E-state index in [2.05, 4.69) is 9.64 Å². The van der Waals surface area contributed by atoms with Crippen LogP contribution in [0.25, 0.3) is 0 Å². The molecule has 0 bridgehead atoms. The van der Waals surface area contributed by atoms with Gasteiger partial charge in [-0.3, -0.25) is 4.90 Å². The summed E-state index contributed by atoms with van der Waals surface area (Å²) in [5, 5.41) is 10.8. The number of hydrogen-bond donors (Lipinski definition) is 1. The summed E-state index contributed by atoms with van der Waals surface area (Å²) in [6.07, 6.45) is 2.59. The van der Waals surface area contributed by atoms with Crippen molar-refractivity contribution in [3.63, 3.8) is 0 Å². The van der Waals surface area contributed by atoms with Crippen LogP contribution in [-0.4, -0.2) is 41.4 Å². The van der Waals surface area contributed by atoms with Gasteiger partial charge in [0.2, 0.25) is 0 Å². The Morgan fingerprint density at radius 1 is 1.26 bits per heavy atom. The molecule has 0 aliphatic carbocycles. The van der Waals surface area contributed by atoms with E-state index < -0.39 is 18.3 Å². The number of fused-ring (bicyclic) bond motifs is 1. The van der Waals surface area contributed by atoms with Crippen molar-refractivity contribution in [3.8, 4) is 11.5 Å². The third-order valence-corrected chi connectivity index (χ3v) is 4.69. The Morgan fingerprint density at radius 2 is 1.96 bits per heavy atom. The summed E-state index contributed by atoms with van der Waals surface area (Å²) in [7, 11) is 0. The van der Waals surface area contributed by atoms with Crippen molar-refractivity contribution in [1.82, 2.24) is 4.90 Å². The summed E-state index contributed by atoms with van der Waals surface area (Å²) < 4.78 is 35.4. The number of piperidine rings is 1. The first kappa shape index (κ1) is 16.5. The molecule has 128 valence electrons. The number of ether oxygens (including phenoxy) is 2. The van der Waals surface area contributed by atoms with Crippen LogP contribution >= 0.6 is 0 Å². The summed E-state index contributed by atoms with van der Waals surface area (Å²) in [4.78, 5) is 2.23. The molecule has 2 aliphatic heterocycles. The largest absolute Gasteiger partial charge is 0.485 e. The van der Waals surface area contributed by atoms with Gasteiger partial charge in [0.15, 0.2) is 0 Å². The Kier molecular flexibility index (Phi) is 4.47. The fraction of sp³-hybridized carbons (Fsp3) is 0.647. The van der Waals surface area contributed by atoms with Crippen LogP contribution in [0.1, 0.15) is 44.7 Å². The molecule has 1 saturated heterocycles. The Labute approximate surface area is 135 Å². The monoisotopic (exact) mass is 327 g/mol. The lowest BCUT2D eigenvalue weighted by atomic mass is 9.84. The molecule has 0 spiro atoms.